The van der Waals surface area contributed by atoms with Crippen LogP contribution in [0.4, 0.5) is 9.18 Å². The number of fused-ring (bicyclic) bond motifs is 1. The molecule has 2 heterocycles. The Labute approximate surface area is 198 Å². The first-order chi connectivity index (χ1) is 16.1. The minimum atomic E-state index is -1.15. The first kappa shape index (κ1) is 23.8. The lowest BCUT2D eigenvalue weighted by Gasteiger charge is -2.32. The summed E-state index contributed by atoms with van der Waals surface area (Å²) < 4.78 is 26.3. The molecule has 0 spiro atoms. The average molecular weight is 465 g/mol. The van der Waals surface area contributed by atoms with Crippen LogP contribution in [0.1, 0.15) is 49.3 Å². The summed E-state index contributed by atoms with van der Waals surface area (Å²) in [6.45, 7) is 9.11. The van der Waals surface area contributed by atoms with Gasteiger partial charge in [0, 0.05) is 16.6 Å². The van der Waals surface area contributed by atoms with Crippen LogP contribution >= 0.6 is 0 Å². The average Bonchev–Trinajstić information content (AvgIpc) is 3.12. The maximum atomic E-state index is 14.8. The lowest BCUT2D eigenvalue weighted by molar-refractivity contribution is -0.152. The van der Waals surface area contributed by atoms with E-state index in [9.17, 15) is 14.0 Å². The molecule has 0 bridgehead atoms. The molecule has 1 fully saturated rings. The van der Waals surface area contributed by atoms with Crippen molar-refractivity contribution in [2.45, 2.75) is 58.8 Å². The molecule has 0 N–H and O–H groups in total. The Morgan fingerprint density at radius 2 is 1.88 bits per heavy atom. The number of carbonyl (C=O) groups is 2. The van der Waals surface area contributed by atoms with E-state index in [2.05, 4.69) is 4.98 Å². The molecule has 1 aliphatic rings. The third-order valence-electron chi connectivity index (χ3n) is 5.92. The van der Waals surface area contributed by atoms with Crippen molar-refractivity contribution >= 4 is 22.9 Å². The summed E-state index contributed by atoms with van der Waals surface area (Å²) in [5.41, 5.74) is 2.35. The molecule has 1 saturated heterocycles. The number of aryl methyl sites for hydroxylation is 2. The molecule has 34 heavy (non-hydrogen) atoms. The fourth-order valence-electron chi connectivity index (χ4n) is 4.49. The highest BCUT2D eigenvalue weighted by atomic mass is 19.1. The number of hydrogen-bond acceptors (Lipinski definition) is 5. The van der Waals surface area contributed by atoms with Gasteiger partial charge in [-0.1, -0.05) is 36.4 Å². The predicted molar refractivity (Wildman–Crippen MR) is 127 cm³/mol. The van der Waals surface area contributed by atoms with E-state index in [0.29, 0.717) is 34.1 Å². The summed E-state index contributed by atoms with van der Waals surface area (Å²) >= 11 is 0. The molecule has 0 unspecified atom stereocenters. The fraction of sp³-hybridized carbons (Fsp3) is 0.370. The molecule has 2 aromatic carbocycles. The Morgan fingerprint density at radius 1 is 1.18 bits per heavy atom. The summed E-state index contributed by atoms with van der Waals surface area (Å²) in [4.78, 5) is 32.3. The molecule has 3 aromatic rings. The Balaban J connectivity index is 1.79. The van der Waals surface area contributed by atoms with Crippen LogP contribution in [0.3, 0.4) is 0 Å². The van der Waals surface area contributed by atoms with Crippen LogP contribution in [-0.2, 0) is 20.7 Å². The summed E-state index contributed by atoms with van der Waals surface area (Å²) in [5.74, 6) is -0.963. The van der Waals surface area contributed by atoms with Crippen LogP contribution in [0, 0.1) is 19.7 Å². The zero-order valence-electron chi connectivity index (χ0n) is 20.1. The van der Waals surface area contributed by atoms with E-state index in [1.165, 1.54) is 6.07 Å². The van der Waals surface area contributed by atoms with Gasteiger partial charge in [0.05, 0.1) is 17.2 Å². The molecule has 2 atom stereocenters. The molecule has 0 saturated carbocycles. The van der Waals surface area contributed by atoms with Crippen molar-refractivity contribution in [1.82, 2.24) is 9.88 Å². The van der Waals surface area contributed by atoms with E-state index in [4.69, 9.17) is 9.47 Å². The number of pyridine rings is 1. The minimum Gasteiger partial charge on any atom is -0.447 e. The SMILES string of the molecule is Cc1nc2cccc(F)c2c(C)c1[C@H](OC(C)(C)C)C(=O)N1C(=O)OC[C@H]1Cc1ccccc1. The lowest BCUT2D eigenvalue weighted by atomic mass is 9.95. The molecule has 1 aromatic heterocycles. The standard InChI is InChI=1S/C27H29FN2O4/c1-16-22(17(2)29-21-13-9-12-20(28)23(16)21)24(34-27(3,4)5)25(31)30-19(15-33-26(30)32)14-18-10-7-6-8-11-18/h6-13,19,24H,14-15H2,1-5H3/t19-,24+/m1/s1. The highest BCUT2D eigenvalue weighted by Crippen LogP contribution is 2.35. The van der Waals surface area contributed by atoms with E-state index in [0.717, 1.165) is 10.5 Å². The first-order valence-electron chi connectivity index (χ1n) is 11.3. The highest BCUT2D eigenvalue weighted by Gasteiger charge is 2.44. The molecule has 2 amide bonds. The van der Waals surface area contributed by atoms with Gasteiger partial charge in [0.1, 0.15) is 12.4 Å². The Morgan fingerprint density at radius 3 is 2.56 bits per heavy atom. The number of nitrogens with zero attached hydrogens (tertiary/aromatic N) is 2. The quantitative estimate of drug-likeness (QED) is 0.503. The fourth-order valence-corrected chi connectivity index (χ4v) is 4.49. The topological polar surface area (TPSA) is 68.7 Å². The number of amides is 2. The lowest BCUT2D eigenvalue weighted by Crippen LogP contribution is -2.45. The minimum absolute atomic E-state index is 0.101. The van der Waals surface area contributed by atoms with Crippen molar-refractivity contribution < 1.29 is 23.5 Å². The normalized spacial score (nSPS) is 17.2. The number of hydrogen-bond donors (Lipinski definition) is 0. The van der Waals surface area contributed by atoms with E-state index in [1.807, 2.05) is 51.1 Å². The highest BCUT2D eigenvalue weighted by molar-refractivity contribution is 5.97. The Kier molecular flexibility index (Phi) is 6.41. The Hall–Kier alpha value is -3.32. The van der Waals surface area contributed by atoms with Crippen LogP contribution in [0.2, 0.25) is 0 Å². The van der Waals surface area contributed by atoms with Gasteiger partial charge in [-0.2, -0.15) is 0 Å². The monoisotopic (exact) mass is 464 g/mol. The van der Waals surface area contributed by atoms with Gasteiger partial charge in [0.15, 0.2) is 6.10 Å². The number of rotatable bonds is 5. The van der Waals surface area contributed by atoms with Gasteiger partial charge in [-0.15, -0.1) is 0 Å². The van der Waals surface area contributed by atoms with Crippen molar-refractivity contribution in [3.05, 3.63) is 76.7 Å². The van der Waals surface area contributed by atoms with Crippen LogP contribution in [-0.4, -0.2) is 40.1 Å². The number of carbonyl (C=O) groups excluding carboxylic acids is 2. The van der Waals surface area contributed by atoms with Crippen molar-refractivity contribution in [1.29, 1.82) is 0 Å². The molecule has 7 heteroatoms. The number of cyclic esters (lactones) is 1. The molecule has 0 aliphatic carbocycles. The second-order valence-electron chi connectivity index (χ2n) is 9.61. The molecular weight excluding hydrogens is 435 g/mol. The maximum Gasteiger partial charge on any atom is 0.417 e. The van der Waals surface area contributed by atoms with E-state index in [-0.39, 0.29) is 6.61 Å². The van der Waals surface area contributed by atoms with Crippen LogP contribution in [0.15, 0.2) is 48.5 Å². The maximum absolute atomic E-state index is 14.8. The summed E-state index contributed by atoms with van der Waals surface area (Å²) in [6, 6.07) is 13.8. The second kappa shape index (κ2) is 9.14. The van der Waals surface area contributed by atoms with E-state index in [1.54, 1.807) is 26.0 Å². The van der Waals surface area contributed by atoms with Gasteiger partial charge in [-0.25, -0.2) is 14.1 Å². The molecule has 178 valence electrons. The number of halogens is 1. The first-order valence-corrected chi connectivity index (χ1v) is 11.3. The second-order valence-corrected chi connectivity index (χ2v) is 9.61. The summed E-state index contributed by atoms with van der Waals surface area (Å²) in [6.07, 6.45) is -1.40. The van der Waals surface area contributed by atoms with E-state index >= 15 is 0 Å². The third kappa shape index (κ3) is 4.66. The molecule has 6 nitrogen and oxygen atoms in total. The molecular formula is C27H29FN2O4. The van der Waals surface area contributed by atoms with Crippen LogP contribution in [0.5, 0.6) is 0 Å². The molecule has 1 aliphatic heterocycles. The van der Waals surface area contributed by atoms with Gasteiger partial charge in [0.25, 0.3) is 5.91 Å². The largest absolute Gasteiger partial charge is 0.447 e. The number of aromatic nitrogens is 1. The van der Waals surface area contributed by atoms with Crippen molar-refractivity contribution in [2.24, 2.45) is 0 Å². The van der Waals surface area contributed by atoms with Gasteiger partial charge in [-0.05, 0) is 64.3 Å². The van der Waals surface area contributed by atoms with Crippen LogP contribution < -0.4 is 0 Å². The molecule has 0 radical (unpaired) electrons. The van der Waals surface area contributed by atoms with Crippen molar-refractivity contribution in [2.75, 3.05) is 6.61 Å². The van der Waals surface area contributed by atoms with Gasteiger partial charge < -0.3 is 9.47 Å². The van der Waals surface area contributed by atoms with Crippen LogP contribution in [0.25, 0.3) is 10.9 Å². The molecule has 4 rings (SSSR count). The number of benzene rings is 2. The number of ether oxygens (including phenoxy) is 2. The zero-order valence-corrected chi connectivity index (χ0v) is 20.1. The van der Waals surface area contributed by atoms with Gasteiger partial charge in [0.2, 0.25) is 0 Å². The van der Waals surface area contributed by atoms with E-state index < -0.39 is 35.6 Å². The Bertz CT molecular complexity index is 1240. The third-order valence-corrected chi connectivity index (χ3v) is 5.92. The van der Waals surface area contributed by atoms with Crippen molar-refractivity contribution in [3.8, 4) is 0 Å². The number of imide groups is 1. The van der Waals surface area contributed by atoms with Crippen molar-refractivity contribution in [3.63, 3.8) is 0 Å². The smallest absolute Gasteiger partial charge is 0.417 e. The van der Waals surface area contributed by atoms with Gasteiger partial charge >= 0.3 is 6.09 Å². The summed E-state index contributed by atoms with van der Waals surface area (Å²) in [7, 11) is 0. The van der Waals surface area contributed by atoms with Gasteiger partial charge in [-0.3, -0.25) is 9.78 Å². The predicted octanol–water partition coefficient (Wildman–Crippen LogP) is 5.44. The zero-order chi connectivity index (χ0) is 24.6. The summed E-state index contributed by atoms with van der Waals surface area (Å²) in [5, 5.41) is 0.336.